The molecule has 15 heavy (non-hydrogen) atoms. The lowest BCUT2D eigenvalue weighted by Crippen LogP contribution is -2.34. The number of carbonyl (C=O) groups excluding carboxylic acids is 2. The van der Waals surface area contributed by atoms with Crippen molar-refractivity contribution in [3.05, 3.63) is 0 Å². The molecule has 1 fully saturated rings. The molecular formula is C10H18N2O3. The lowest BCUT2D eigenvalue weighted by Gasteiger charge is -2.18. The first-order valence-electron chi connectivity index (χ1n) is 5.26. The van der Waals surface area contributed by atoms with E-state index in [0.29, 0.717) is 26.1 Å². The first kappa shape index (κ1) is 12.0. The van der Waals surface area contributed by atoms with Crippen LogP contribution in [-0.4, -0.2) is 49.1 Å². The van der Waals surface area contributed by atoms with Crippen molar-refractivity contribution in [2.75, 3.05) is 26.2 Å². The minimum Gasteiger partial charge on any atom is -0.462 e. The largest absolute Gasteiger partial charge is 0.462 e. The van der Waals surface area contributed by atoms with Crippen molar-refractivity contribution in [1.82, 2.24) is 10.2 Å². The van der Waals surface area contributed by atoms with E-state index in [-0.39, 0.29) is 24.5 Å². The van der Waals surface area contributed by atoms with Crippen molar-refractivity contribution in [2.45, 2.75) is 26.4 Å². The van der Waals surface area contributed by atoms with Gasteiger partial charge in [-0.05, 0) is 13.8 Å². The van der Waals surface area contributed by atoms with Gasteiger partial charge < -0.3 is 10.1 Å². The summed E-state index contributed by atoms with van der Waals surface area (Å²) >= 11 is 0. The molecule has 1 aliphatic rings. The van der Waals surface area contributed by atoms with Crippen molar-refractivity contribution in [3.63, 3.8) is 0 Å². The second kappa shape index (κ2) is 5.70. The summed E-state index contributed by atoms with van der Waals surface area (Å²) in [6.45, 7) is 5.86. The van der Waals surface area contributed by atoms with E-state index in [1.54, 1.807) is 0 Å². The fourth-order valence-corrected chi connectivity index (χ4v) is 1.45. The molecule has 1 rings (SSSR count). The predicted molar refractivity (Wildman–Crippen MR) is 55.3 cm³/mol. The molecule has 0 unspecified atom stereocenters. The van der Waals surface area contributed by atoms with E-state index < -0.39 is 0 Å². The minimum absolute atomic E-state index is 0.0507. The fourth-order valence-electron chi connectivity index (χ4n) is 1.45. The van der Waals surface area contributed by atoms with Crippen LogP contribution in [0.5, 0.6) is 0 Å². The molecule has 5 heteroatoms. The molecule has 0 atom stereocenters. The van der Waals surface area contributed by atoms with Gasteiger partial charge in [0, 0.05) is 26.1 Å². The van der Waals surface area contributed by atoms with Crippen LogP contribution in [0.15, 0.2) is 0 Å². The Labute approximate surface area is 89.8 Å². The average molecular weight is 214 g/mol. The van der Waals surface area contributed by atoms with Gasteiger partial charge in [-0.1, -0.05) is 0 Å². The number of hydrogen-bond donors (Lipinski definition) is 1. The van der Waals surface area contributed by atoms with E-state index in [9.17, 15) is 9.59 Å². The summed E-state index contributed by atoms with van der Waals surface area (Å²) in [6, 6.07) is 0. The lowest BCUT2D eigenvalue weighted by molar-refractivity contribution is -0.148. The Morgan fingerprint density at radius 2 is 2.27 bits per heavy atom. The Kier molecular flexibility index (Phi) is 4.55. The van der Waals surface area contributed by atoms with Crippen LogP contribution in [0.3, 0.4) is 0 Å². The molecule has 0 aromatic rings. The van der Waals surface area contributed by atoms with Gasteiger partial charge in [-0.3, -0.25) is 14.5 Å². The topological polar surface area (TPSA) is 58.6 Å². The summed E-state index contributed by atoms with van der Waals surface area (Å²) in [6.07, 6.45) is 0.374. The van der Waals surface area contributed by atoms with Gasteiger partial charge in [-0.2, -0.15) is 0 Å². The number of hydrogen-bond acceptors (Lipinski definition) is 4. The molecule has 0 spiro atoms. The Morgan fingerprint density at radius 1 is 1.53 bits per heavy atom. The number of esters is 1. The van der Waals surface area contributed by atoms with Crippen molar-refractivity contribution in [2.24, 2.45) is 0 Å². The molecule has 0 bridgehead atoms. The number of amides is 1. The quantitative estimate of drug-likeness (QED) is 0.659. The van der Waals surface area contributed by atoms with Crippen LogP contribution in [0.4, 0.5) is 0 Å². The summed E-state index contributed by atoms with van der Waals surface area (Å²) in [5, 5.41) is 2.76. The van der Waals surface area contributed by atoms with Crippen LogP contribution >= 0.6 is 0 Å². The third-order valence-corrected chi connectivity index (χ3v) is 2.13. The van der Waals surface area contributed by atoms with Crippen molar-refractivity contribution in [3.8, 4) is 0 Å². The third-order valence-electron chi connectivity index (χ3n) is 2.13. The van der Waals surface area contributed by atoms with Crippen LogP contribution in [0.1, 0.15) is 20.3 Å². The van der Waals surface area contributed by atoms with E-state index >= 15 is 0 Å². The Morgan fingerprint density at radius 3 is 2.93 bits per heavy atom. The highest BCUT2D eigenvalue weighted by atomic mass is 16.5. The minimum atomic E-state index is -0.223. The molecule has 1 saturated heterocycles. The Balaban J connectivity index is 2.31. The smallest absolute Gasteiger partial charge is 0.320 e. The molecule has 5 nitrogen and oxygen atoms in total. The molecule has 86 valence electrons. The maximum Gasteiger partial charge on any atom is 0.320 e. The number of ether oxygens (including phenoxy) is 1. The van der Waals surface area contributed by atoms with Gasteiger partial charge in [0.15, 0.2) is 0 Å². The van der Waals surface area contributed by atoms with E-state index in [0.717, 1.165) is 0 Å². The summed E-state index contributed by atoms with van der Waals surface area (Å²) < 4.78 is 5.03. The van der Waals surface area contributed by atoms with Gasteiger partial charge in [0.25, 0.3) is 0 Å². The second-order valence-corrected chi connectivity index (χ2v) is 3.91. The monoisotopic (exact) mass is 214 g/mol. The summed E-state index contributed by atoms with van der Waals surface area (Å²) in [4.78, 5) is 24.3. The fraction of sp³-hybridized carbons (Fsp3) is 0.800. The normalized spacial score (nSPS) is 18.5. The summed E-state index contributed by atoms with van der Waals surface area (Å²) in [7, 11) is 0. The van der Waals surface area contributed by atoms with Gasteiger partial charge in [-0.25, -0.2) is 0 Å². The van der Waals surface area contributed by atoms with E-state index in [1.807, 2.05) is 18.7 Å². The Bertz CT molecular complexity index is 241. The van der Waals surface area contributed by atoms with E-state index in [2.05, 4.69) is 5.32 Å². The highest BCUT2D eigenvalue weighted by Crippen LogP contribution is 1.98. The number of nitrogens with zero attached hydrogens (tertiary/aromatic N) is 1. The molecule has 1 amide bonds. The highest BCUT2D eigenvalue weighted by Gasteiger charge is 2.16. The number of carbonyl (C=O) groups is 2. The van der Waals surface area contributed by atoms with Crippen LogP contribution < -0.4 is 5.32 Å². The van der Waals surface area contributed by atoms with Crippen LogP contribution in [0.25, 0.3) is 0 Å². The third kappa shape index (κ3) is 4.78. The maximum absolute atomic E-state index is 11.3. The van der Waals surface area contributed by atoms with Crippen LogP contribution in [-0.2, 0) is 14.3 Å². The second-order valence-electron chi connectivity index (χ2n) is 3.91. The standard InChI is InChI=1S/C10H18N2O3/c1-8(2)15-10(14)7-12-5-3-9(13)11-4-6-12/h8H,3-7H2,1-2H3,(H,11,13). The van der Waals surface area contributed by atoms with Crippen LogP contribution in [0, 0.1) is 0 Å². The molecule has 0 saturated carbocycles. The van der Waals surface area contributed by atoms with Crippen LogP contribution in [0.2, 0.25) is 0 Å². The zero-order chi connectivity index (χ0) is 11.3. The zero-order valence-electron chi connectivity index (χ0n) is 9.28. The van der Waals surface area contributed by atoms with Gasteiger partial charge in [0.1, 0.15) is 0 Å². The first-order chi connectivity index (χ1) is 7.08. The maximum atomic E-state index is 11.3. The molecule has 0 aromatic heterocycles. The average Bonchev–Trinajstić information content (AvgIpc) is 2.29. The van der Waals surface area contributed by atoms with E-state index in [1.165, 1.54) is 0 Å². The molecular weight excluding hydrogens is 196 g/mol. The van der Waals surface area contributed by atoms with Crippen molar-refractivity contribution in [1.29, 1.82) is 0 Å². The lowest BCUT2D eigenvalue weighted by atomic mass is 10.4. The predicted octanol–water partition coefficient (Wildman–Crippen LogP) is -0.240. The molecule has 0 radical (unpaired) electrons. The molecule has 1 heterocycles. The SMILES string of the molecule is CC(C)OC(=O)CN1CCNC(=O)CC1. The zero-order valence-corrected chi connectivity index (χ0v) is 9.28. The highest BCUT2D eigenvalue weighted by molar-refractivity contribution is 5.76. The number of nitrogens with one attached hydrogen (secondary N) is 1. The van der Waals surface area contributed by atoms with Gasteiger partial charge >= 0.3 is 5.97 Å². The van der Waals surface area contributed by atoms with Crippen molar-refractivity contribution < 1.29 is 14.3 Å². The molecule has 0 aromatic carbocycles. The van der Waals surface area contributed by atoms with Crippen molar-refractivity contribution >= 4 is 11.9 Å². The van der Waals surface area contributed by atoms with Gasteiger partial charge in [0.05, 0.1) is 12.6 Å². The molecule has 1 aliphatic heterocycles. The molecule has 1 N–H and O–H groups in total. The van der Waals surface area contributed by atoms with E-state index in [4.69, 9.17) is 4.74 Å². The first-order valence-corrected chi connectivity index (χ1v) is 5.26. The summed E-state index contributed by atoms with van der Waals surface area (Å²) in [5.74, 6) is -0.172. The summed E-state index contributed by atoms with van der Waals surface area (Å²) in [5.41, 5.74) is 0. The van der Waals surface area contributed by atoms with Gasteiger partial charge in [-0.15, -0.1) is 0 Å². The molecule has 0 aliphatic carbocycles. The Hall–Kier alpha value is -1.10. The number of rotatable bonds is 3. The van der Waals surface area contributed by atoms with Gasteiger partial charge in [0.2, 0.25) is 5.91 Å².